The van der Waals surface area contributed by atoms with Crippen molar-refractivity contribution in [2.45, 2.75) is 32.7 Å². The average Bonchev–Trinajstić information content (AvgIpc) is 2.26. The summed E-state index contributed by atoms with van der Waals surface area (Å²) in [7, 11) is 0. The summed E-state index contributed by atoms with van der Waals surface area (Å²) in [5.74, 6) is -1.03. The van der Waals surface area contributed by atoms with Crippen LogP contribution in [0.4, 0.5) is 10.5 Å². The maximum Gasteiger partial charge on any atom is 0.326 e. The fourth-order valence-electron chi connectivity index (χ4n) is 1.68. The lowest BCUT2D eigenvalue weighted by Crippen LogP contribution is -2.42. The number of hydrogen-bond donors (Lipinski definition) is 3. The normalized spacial score (nSPS) is 11.7. The van der Waals surface area contributed by atoms with Crippen molar-refractivity contribution in [3.8, 4) is 0 Å². The van der Waals surface area contributed by atoms with Crippen LogP contribution in [-0.2, 0) is 4.79 Å². The molecule has 0 aromatic heterocycles. The molecule has 104 valence electrons. The first-order valence-electron chi connectivity index (χ1n) is 6.00. The second-order valence-corrected chi connectivity index (χ2v) is 5.21. The Morgan fingerprint density at radius 3 is 2.58 bits per heavy atom. The van der Waals surface area contributed by atoms with E-state index in [0.29, 0.717) is 18.5 Å². The van der Waals surface area contributed by atoms with Crippen molar-refractivity contribution in [2.75, 3.05) is 5.32 Å². The standard InChI is InChI=1S/C13H17BrN2O3/c1-3-4-11(12(17)18)16-13(19)15-10-6-8(2)5-9(14)7-10/h5-7,11H,3-4H2,1-2H3,(H,17,18)(H2,15,16,19)/t11-/m1/s1. The summed E-state index contributed by atoms with van der Waals surface area (Å²) in [6.45, 7) is 3.78. The quantitative estimate of drug-likeness (QED) is 0.776. The van der Waals surface area contributed by atoms with Crippen LogP contribution in [0.2, 0.25) is 0 Å². The number of anilines is 1. The molecule has 0 saturated carbocycles. The Kier molecular flexibility index (Phi) is 5.82. The summed E-state index contributed by atoms with van der Waals surface area (Å²) in [6, 6.07) is 4.10. The van der Waals surface area contributed by atoms with Gasteiger partial charge in [-0.3, -0.25) is 0 Å². The number of carboxylic acid groups (broad SMARTS) is 1. The first kappa shape index (κ1) is 15.5. The maximum absolute atomic E-state index is 11.7. The predicted octanol–water partition coefficient (Wildman–Crippen LogP) is 3.13. The molecular weight excluding hydrogens is 312 g/mol. The molecule has 0 aliphatic carbocycles. The zero-order chi connectivity index (χ0) is 14.4. The molecule has 0 spiro atoms. The summed E-state index contributed by atoms with van der Waals surface area (Å²) in [5.41, 5.74) is 1.61. The second-order valence-electron chi connectivity index (χ2n) is 4.30. The summed E-state index contributed by atoms with van der Waals surface area (Å²) in [4.78, 5) is 22.7. The van der Waals surface area contributed by atoms with Crippen molar-refractivity contribution in [3.05, 3.63) is 28.2 Å². The van der Waals surface area contributed by atoms with Gasteiger partial charge >= 0.3 is 12.0 Å². The minimum atomic E-state index is -1.03. The Hall–Kier alpha value is -1.56. The van der Waals surface area contributed by atoms with Crippen molar-refractivity contribution >= 4 is 33.6 Å². The molecule has 0 radical (unpaired) electrons. The molecule has 2 amide bonds. The van der Waals surface area contributed by atoms with E-state index in [1.165, 1.54) is 0 Å². The number of benzene rings is 1. The van der Waals surface area contributed by atoms with Gasteiger partial charge in [0.05, 0.1) is 0 Å². The van der Waals surface area contributed by atoms with Crippen LogP contribution in [0.15, 0.2) is 22.7 Å². The highest BCUT2D eigenvalue weighted by Crippen LogP contribution is 2.18. The molecule has 0 fully saturated rings. The first-order chi connectivity index (χ1) is 8.92. The highest BCUT2D eigenvalue weighted by atomic mass is 79.9. The smallest absolute Gasteiger partial charge is 0.326 e. The van der Waals surface area contributed by atoms with E-state index in [9.17, 15) is 9.59 Å². The summed E-state index contributed by atoms with van der Waals surface area (Å²) in [5, 5.41) is 14.0. The molecule has 0 heterocycles. The monoisotopic (exact) mass is 328 g/mol. The number of nitrogens with one attached hydrogen (secondary N) is 2. The van der Waals surface area contributed by atoms with Crippen molar-refractivity contribution in [1.29, 1.82) is 0 Å². The van der Waals surface area contributed by atoms with E-state index < -0.39 is 18.0 Å². The Balaban J connectivity index is 2.66. The van der Waals surface area contributed by atoms with Gasteiger partial charge in [0.1, 0.15) is 6.04 Å². The fourth-order valence-corrected chi connectivity index (χ4v) is 2.29. The van der Waals surface area contributed by atoms with Crippen LogP contribution in [0.3, 0.4) is 0 Å². The SMILES string of the molecule is CCC[C@@H](NC(=O)Nc1cc(C)cc(Br)c1)C(=O)O. The molecule has 0 unspecified atom stereocenters. The van der Waals surface area contributed by atoms with Crippen molar-refractivity contribution in [3.63, 3.8) is 0 Å². The number of carbonyl (C=O) groups excluding carboxylic acids is 1. The fraction of sp³-hybridized carbons (Fsp3) is 0.385. The van der Waals surface area contributed by atoms with Gasteiger partial charge in [0, 0.05) is 10.2 Å². The summed E-state index contributed by atoms with van der Waals surface area (Å²) < 4.78 is 0.853. The minimum Gasteiger partial charge on any atom is -0.480 e. The maximum atomic E-state index is 11.7. The van der Waals surface area contributed by atoms with Crippen LogP contribution < -0.4 is 10.6 Å². The lowest BCUT2D eigenvalue weighted by molar-refractivity contribution is -0.139. The van der Waals surface area contributed by atoms with E-state index in [2.05, 4.69) is 26.6 Å². The van der Waals surface area contributed by atoms with Gasteiger partial charge in [0.2, 0.25) is 0 Å². The molecule has 0 bridgehead atoms. The molecule has 1 atom stereocenters. The van der Waals surface area contributed by atoms with Gasteiger partial charge in [0.25, 0.3) is 0 Å². The van der Waals surface area contributed by atoms with Gasteiger partial charge in [-0.15, -0.1) is 0 Å². The third kappa shape index (κ3) is 5.30. The van der Waals surface area contributed by atoms with Gasteiger partial charge in [0.15, 0.2) is 0 Å². The minimum absolute atomic E-state index is 0.403. The summed E-state index contributed by atoms with van der Waals surface area (Å²) >= 11 is 3.34. The van der Waals surface area contributed by atoms with Crippen molar-refractivity contribution < 1.29 is 14.7 Å². The van der Waals surface area contributed by atoms with E-state index in [0.717, 1.165) is 10.0 Å². The Morgan fingerprint density at radius 1 is 1.37 bits per heavy atom. The Bertz CT molecular complexity index is 457. The lowest BCUT2D eigenvalue weighted by atomic mass is 10.2. The number of halogens is 1. The highest BCUT2D eigenvalue weighted by molar-refractivity contribution is 9.10. The second kappa shape index (κ2) is 7.13. The van der Waals surface area contributed by atoms with E-state index >= 15 is 0 Å². The Labute approximate surface area is 120 Å². The average molecular weight is 329 g/mol. The van der Waals surface area contributed by atoms with Gasteiger partial charge in [-0.2, -0.15) is 0 Å². The van der Waals surface area contributed by atoms with E-state index in [1.54, 1.807) is 12.1 Å². The molecule has 0 aliphatic rings. The molecule has 6 heteroatoms. The van der Waals surface area contributed by atoms with Gasteiger partial charge < -0.3 is 15.7 Å². The number of aryl methyl sites for hydroxylation is 1. The third-order valence-electron chi connectivity index (χ3n) is 2.48. The number of carbonyl (C=O) groups is 2. The number of carboxylic acids is 1. The molecule has 0 saturated heterocycles. The highest BCUT2D eigenvalue weighted by Gasteiger charge is 2.18. The van der Waals surface area contributed by atoms with E-state index in [1.807, 2.05) is 19.9 Å². The van der Waals surface area contributed by atoms with Crippen LogP contribution in [-0.4, -0.2) is 23.1 Å². The zero-order valence-electron chi connectivity index (χ0n) is 10.9. The van der Waals surface area contributed by atoms with Crippen LogP contribution >= 0.6 is 15.9 Å². The Morgan fingerprint density at radius 2 is 2.05 bits per heavy atom. The van der Waals surface area contributed by atoms with Crippen molar-refractivity contribution in [1.82, 2.24) is 5.32 Å². The third-order valence-corrected chi connectivity index (χ3v) is 2.94. The summed E-state index contributed by atoms with van der Waals surface area (Å²) in [6.07, 6.45) is 1.09. The molecule has 0 aliphatic heterocycles. The molecule has 19 heavy (non-hydrogen) atoms. The van der Waals surface area contributed by atoms with Crippen LogP contribution in [0, 0.1) is 6.92 Å². The number of aliphatic carboxylic acids is 1. The lowest BCUT2D eigenvalue weighted by Gasteiger charge is -2.14. The molecule has 1 aromatic rings. The number of amides is 2. The molecule has 3 N–H and O–H groups in total. The predicted molar refractivity (Wildman–Crippen MR) is 77.4 cm³/mol. The molecular formula is C13H17BrN2O3. The number of hydrogen-bond acceptors (Lipinski definition) is 2. The van der Waals surface area contributed by atoms with Gasteiger partial charge in [-0.1, -0.05) is 29.3 Å². The van der Waals surface area contributed by atoms with Gasteiger partial charge in [-0.05, 0) is 37.1 Å². The first-order valence-corrected chi connectivity index (χ1v) is 6.79. The molecule has 1 rings (SSSR count). The van der Waals surface area contributed by atoms with Crippen LogP contribution in [0.1, 0.15) is 25.3 Å². The largest absolute Gasteiger partial charge is 0.480 e. The molecule has 5 nitrogen and oxygen atoms in total. The number of rotatable bonds is 5. The molecule has 1 aromatic carbocycles. The van der Waals surface area contributed by atoms with Crippen LogP contribution in [0.25, 0.3) is 0 Å². The van der Waals surface area contributed by atoms with E-state index in [-0.39, 0.29) is 0 Å². The van der Waals surface area contributed by atoms with Crippen LogP contribution in [0.5, 0.6) is 0 Å². The number of urea groups is 1. The van der Waals surface area contributed by atoms with Crippen molar-refractivity contribution in [2.24, 2.45) is 0 Å². The topological polar surface area (TPSA) is 78.4 Å². The van der Waals surface area contributed by atoms with Gasteiger partial charge in [-0.25, -0.2) is 9.59 Å². The van der Waals surface area contributed by atoms with E-state index in [4.69, 9.17) is 5.11 Å². The zero-order valence-corrected chi connectivity index (χ0v) is 12.5.